The lowest BCUT2D eigenvalue weighted by Crippen LogP contribution is -2.38. The van der Waals surface area contributed by atoms with Crippen LogP contribution in [0.3, 0.4) is 0 Å². The first-order valence-corrected chi connectivity index (χ1v) is 12.1. The average Bonchev–Trinajstić information content (AvgIpc) is 3.29. The van der Waals surface area contributed by atoms with Crippen molar-refractivity contribution in [2.75, 3.05) is 38.6 Å². The van der Waals surface area contributed by atoms with E-state index >= 15 is 0 Å². The maximum Gasteiger partial charge on any atom is 0.321 e. The number of halogens is 1. The zero-order chi connectivity index (χ0) is 23.4. The third-order valence-electron chi connectivity index (χ3n) is 6.54. The number of carbonyl (C=O) groups excluding carboxylic acids is 1. The van der Waals surface area contributed by atoms with E-state index in [1.807, 2.05) is 37.1 Å². The van der Waals surface area contributed by atoms with Gasteiger partial charge in [-0.3, -0.25) is 9.58 Å². The maximum absolute atomic E-state index is 13.0. The highest BCUT2D eigenvalue weighted by Gasteiger charge is 2.23. The molecule has 1 aliphatic heterocycles. The molecule has 1 aromatic heterocycles. The number of benzene rings is 1. The first-order valence-electron chi connectivity index (χ1n) is 11.8. The van der Waals surface area contributed by atoms with Crippen molar-refractivity contribution in [2.24, 2.45) is 7.05 Å². The Bertz CT molecular complexity index is 973. The lowest BCUT2D eigenvalue weighted by atomic mass is 10.2. The Morgan fingerprint density at radius 1 is 1.15 bits per heavy atom. The molecular weight excluding hydrogens is 442 g/mol. The van der Waals surface area contributed by atoms with Crippen molar-refractivity contribution in [2.45, 2.75) is 51.7 Å². The van der Waals surface area contributed by atoms with Gasteiger partial charge in [-0.15, -0.1) is 0 Å². The molecule has 2 aliphatic rings. The molecule has 33 heavy (non-hydrogen) atoms. The van der Waals surface area contributed by atoms with Crippen molar-refractivity contribution in [3.8, 4) is 11.5 Å². The number of urea groups is 1. The fourth-order valence-corrected chi connectivity index (χ4v) is 4.88. The first kappa shape index (κ1) is 23.7. The summed E-state index contributed by atoms with van der Waals surface area (Å²) in [5.41, 5.74) is 2.73. The molecule has 1 saturated carbocycles. The van der Waals surface area contributed by atoms with Gasteiger partial charge >= 0.3 is 6.03 Å². The summed E-state index contributed by atoms with van der Waals surface area (Å²) in [5.74, 6) is 1.38. The van der Waals surface area contributed by atoms with Gasteiger partial charge in [0.25, 0.3) is 0 Å². The number of nitrogens with one attached hydrogen (secondary N) is 1. The molecule has 0 radical (unpaired) electrons. The van der Waals surface area contributed by atoms with Gasteiger partial charge in [-0.05, 0) is 51.2 Å². The molecule has 2 heterocycles. The molecule has 0 spiro atoms. The van der Waals surface area contributed by atoms with E-state index in [2.05, 4.69) is 15.3 Å². The second-order valence-electron chi connectivity index (χ2n) is 8.92. The summed E-state index contributed by atoms with van der Waals surface area (Å²) in [6.45, 7) is 5.80. The smallest absolute Gasteiger partial charge is 0.321 e. The summed E-state index contributed by atoms with van der Waals surface area (Å²) in [5, 5.41) is 8.13. The van der Waals surface area contributed by atoms with Crippen LogP contribution in [0.1, 0.15) is 43.4 Å². The number of rotatable bonds is 6. The number of methoxy groups -OCH3 is 1. The summed E-state index contributed by atoms with van der Waals surface area (Å²) in [6, 6.07) is 5.48. The van der Waals surface area contributed by atoms with E-state index in [1.54, 1.807) is 11.8 Å². The molecule has 2 fully saturated rings. The van der Waals surface area contributed by atoms with Crippen LogP contribution >= 0.6 is 11.6 Å². The standard InChI is InChI=1S/C24H34ClN5O3/c1-17-20(23(25)28(2)27-17)16-29-11-6-12-30(14-13-29)24(31)26-18-9-10-21(32-3)22(15-18)33-19-7-4-5-8-19/h9-10,15,19H,4-8,11-14,16H2,1-3H3,(H,26,31). The van der Waals surface area contributed by atoms with Gasteiger partial charge in [-0.1, -0.05) is 11.6 Å². The van der Waals surface area contributed by atoms with Crippen LogP contribution in [0.4, 0.5) is 10.5 Å². The van der Waals surface area contributed by atoms with Crippen LogP contribution in [-0.2, 0) is 13.6 Å². The number of amides is 2. The van der Waals surface area contributed by atoms with E-state index in [1.165, 1.54) is 12.8 Å². The van der Waals surface area contributed by atoms with E-state index in [-0.39, 0.29) is 12.1 Å². The van der Waals surface area contributed by atoms with Crippen molar-refractivity contribution in [1.82, 2.24) is 19.6 Å². The van der Waals surface area contributed by atoms with E-state index in [0.717, 1.165) is 50.2 Å². The van der Waals surface area contributed by atoms with Crippen LogP contribution in [0.5, 0.6) is 11.5 Å². The third kappa shape index (κ3) is 5.73. The molecule has 0 atom stereocenters. The van der Waals surface area contributed by atoms with Crippen LogP contribution < -0.4 is 14.8 Å². The molecule has 2 aromatic rings. The largest absolute Gasteiger partial charge is 0.493 e. The average molecular weight is 476 g/mol. The number of carbonyl (C=O) groups is 1. The summed E-state index contributed by atoms with van der Waals surface area (Å²) in [7, 11) is 3.50. The predicted molar refractivity (Wildman–Crippen MR) is 129 cm³/mol. The van der Waals surface area contributed by atoms with Crippen molar-refractivity contribution >= 4 is 23.3 Å². The van der Waals surface area contributed by atoms with Crippen molar-refractivity contribution in [3.05, 3.63) is 34.6 Å². The quantitative estimate of drug-likeness (QED) is 0.668. The Morgan fingerprint density at radius 3 is 2.64 bits per heavy atom. The minimum atomic E-state index is -0.0931. The lowest BCUT2D eigenvalue weighted by Gasteiger charge is -2.23. The molecule has 8 nitrogen and oxygen atoms in total. The predicted octanol–water partition coefficient (Wildman–Crippen LogP) is 4.45. The van der Waals surface area contributed by atoms with E-state index < -0.39 is 0 Å². The van der Waals surface area contributed by atoms with Crippen molar-refractivity contribution < 1.29 is 14.3 Å². The monoisotopic (exact) mass is 475 g/mol. The van der Waals surface area contributed by atoms with Gasteiger partial charge in [0, 0.05) is 57.1 Å². The van der Waals surface area contributed by atoms with Crippen LogP contribution in [0.25, 0.3) is 0 Å². The molecule has 1 aliphatic carbocycles. The van der Waals surface area contributed by atoms with Gasteiger partial charge in [-0.2, -0.15) is 5.10 Å². The Hall–Kier alpha value is -2.45. The van der Waals surface area contributed by atoms with Gasteiger partial charge in [0.1, 0.15) is 5.15 Å². The van der Waals surface area contributed by atoms with E-state index in [4.69, 9.17) is 21.1 Å². The molecule has 4 rings (SSSR count). The maximum atomic E-state index is 13.0. The fraction of sp³-hybridized carbons (Fsp3) is 0.583. The molecule has 0 bridgehead atoms. The number of nitrogens with zero attached hydrogens (tertiary/aromatic N) is 4. The van der Waals surface area contributed by atoms with Crippen molar-refractivity contribution in [1.29, 1.82) is 0 Å². The molecular formula is C24H34ClN5O3. The summed E-state index contributed by atoms with van der Waals surface area (Å²) in [4.78, 5) is 17.2. The highest BCUT2D eigenvalue weighted by atomic mass is 35.5. The normalized spacial score (nSPS) is 17.8. The van der Waals surface area contributed by atoms with Crippen LogP contribution in [0, 0.1) is 6.92 Å². The zero-order valence-corrected chi connectivity index (χ0v) is 20.5. The van der Waals surface area contributed by atoms with Gasteiger partial charge in [0.15, 0.2) is 11.5 Å². The summed E-state index contributed by atoms with van der Waals surface area (Å²) in [6.07, 6.45) is 5.65. The first-order chi connectivity index (χ1) is 15.9. The number of aryl methyl sites for hydroxylation is 2. The minimum Gasteiger partial charge on any atom is -0.493 e. The van der Waals surface area contributed by atoms with Gasteiger partial charge in [0.2, 0.25) is 0 Å². The number of aromatic nitrogens is 2. The molecule has 1 N–H and O–H groups in total. The summed E-state index contributed by atoms with van der Waals surface area (Å²) < 4.78 is 13.3. The number of anilines is 1. The highest BCUT2D eigenvalue weighted by Crippen LogP contribution is 2.34. The zero-order valence-electron chi connectivity index (χ0n) is 19.8. The molecule has 9 heteroatoms. The summed E-state index contributed by atoms with van der Waals surface area (Å²) >= 11 is 6.41. The minimum absolute atomic E-state index is 0.0931. The van der Waals surface area contributed by atoms with Crippen molar-refractivity contribution in [3.63, 3.8) is 0 Å². The Kier molecular flexibility index (Phi) is 7.65. The third-order valence-corrected chi connectivity index (χ3v) is 7.01. The molecule has 180 valence electrons. The second-order valence-corrected chi connectivity index (χ2v) is 9.27. The Labute approximate surface area is 200 Å². The molecule has 1 aromatic carbocycles. The number of ether oxygens (including phenoxy) is 2. The Balaban J connectivity index is 1.35. The van der Waals surface area contributed by atoms with Gasteiger partial charge < -0.3 is 19.7 Å². The molecule has 0 unspecified atom stereocenters. The molecule has 2 amide bonds. The van der Waals surface area contributed by atoms with Crippen LogP contribution in [-0.4, -0.2) is 65.0 Å². The second kappa shape index (κ2) is 10.7. The fourth-order valence-electron chi connectivity index (χ4n) is 4.64. The van der Waals surface area contributed by atoms with E-state index in [9.17, 15) is 4.79 Å². The van der Waals surface area contributed by atoms with Gasteiger partial charge in [-0.25, -0.2) is 4.79 Å². The van der Waals surface area contributed by atoms with Crippen LogP contribution in [0.2, 0.25) is 5.15 Å². The highest BCUT2D eigenvalue weighted by molar-refractivity contribution is 6.30. The lowest BCUT2D eigenvalue weighted by molar-refractivity contribution is 0.201. The number of hydrogen-bond acceptors (Lipinski definition) is 5. The topological polar surface area (TPSA) is 71.9 Å². The van der Waals surface area contributed by atoms with Gasteiger partial charge in [0.05, 0.1) is 18.9 Å². The Morgan fingerprint density at radius 2 is 1.94 bits per heavy atom. The van der Waals surface area contributed by atoms with Crippen LogP contribution in [0.15, 0.2) is 18.2 Å². The molecule has 1 saturated heterocycles. The van der Waals surface area contributed by atoms with E-state index in [0.29, 0.717) is 35.4 Å². The number of hydrogen-bond donors (Lipinski definition) is 1. The SMILES string of the molecule is COc1ccc(NC(=O)N2CCCN(Cc3c(C)nn(C)c3Cl)CC2)cc1OC1CCCC1.